The van der Waals surface area contributed by atoms with Crippen LogP contribution in [0.3, 0.4) is 0 Å². The topological polar surface area (TPSA) is 49.4 Å². The molecule has 0 aromatic heterocycles. The third kappa shape index (κ3) is 4.46. The molecule has 0 amide bonds. The van der Waals surface area contributed by atoms with E-state index in [0.29, 0.717) is 16.4 Å². The Balaban J connectivity index is 3.24. The predicted molar refractivity (Wildman–Crippen MR) is 79.1 cm³/mol. The van der Waals surface area contributed by atoms with Gasteiger partial charge in [0, 0.05) is 13.6 Å². The summed E-state index contributed by atoms with van der Waals surface area (Å²) in [6.45, 7) is 5.96. The van der Waals surface area contributed by atoms with Crippen molar-refractivity contribution in [3.05, 3.63) is 28.8 Å². The predicted octanol–water partition coefficient (Wildman–Crippen LogP) is 2.30. The Labute approximate surface area is 125 Å². The van der Waals surface area contributed by atoms with E-state index in [1.54, 1.807) is 13.0 Å². The van der Waals surface area contributed by atoms with Gasteiger partial charge >= 0.3 is 0 Å². The molecule has 1 aromatic rings. The summed E-state index contributed by atoms with van der Waals surface area (Å²) < 4.78 is 50.5. The molecule has 0 aliphatic rings. The van der Waals surface area contributed by atoms with Crippen LogP contribution in [-0.4, -0.2) is 39.3 Å². The van der Waals surface area contributed by atoms with E-state index in [-0.39, 0.29) is 4.90 Å². The largest absolute Gasteiger partial charge is 0.313 e. The summed E-state index contributed by atoms with van der Waals surface area (Å²) in [5.74, 6) is 0. The molecule has 0 fully saturated rings. The van der Waals surface area contributed by atoms with Gasteiger partial charge in [0.05, 0.1) is 11.4 Å². The Morgan fingerprint density at radius 3 is 2.43 bits per heavy atom. The first kappa shape index (κ1) is 18.0. The maximum absolute atomic E-state index is 12.4. The quantitative estimate of drug-likeness (QED) is 0.839. The second-order valence-corrected chi connectivity index (χ2v) is 7.01. The summed E-state index contributed by atoms with van der Waals surface area (Å²) in [7, 11) is -2.74. The van der Waals surface area contributed by atoms with Gasteiger partial charge in [-0.1, -0.05) is 13.0 Å². The van der Waals surface area contributed by atoms with Crippen molar-refractivity contribution in [1.82, 2.24) is 9.62 Å². The molecule has 0 heterocycles. The van der Waals surface area contributed by atoms with Gasteiger partial charge in [-0.3, -0.25) is 0 Å². The van der Waals surface area contributed by atoms with E-state index < -0.39 is 23.0 Å². The number of halogens is 2. The number of sulfonamides is 1. The van der Waals surface area contributed by atoms with E-state index in [9.17, 15) is 17.2 Å². The average Bonchev–Trinajstić information content (AvgIpc) is 2.38. The van der Waals surface area contributed by atoms with Gasteiger partial charge in [-0.15, -0.1) is 0 Å². The van der Waals surface area contributed by atoms with Crippen LogP contribution in [0.2, 0.25) is 0 Å². The average molecular weight is 320 g/mol. The molecule has 0 spiro atoms. The zero-order chi connectivity index (χ0) is 16.2. The fourth-order valence-electron chi connectivity index (χ4n) is 2.00. The molecule has 0 aliphatic heterocycles. The second-order valence-electron chi connectivity index (χ2n) is 4.99. The van der Waals surface area contributed by atoms with Gasteiger partial charge in [0.2, 0.25) is 10.0 Å². The number of nitrogens with one attached hydrogen (secondary N) is 1. The molecule has 21 heavy (non-hydrogen) atoms. The Bertz CT molecular complexity index is 589. The summed E-state index contributed by atoms with van der Waals surface area (Å²) >= 11 is 0. The molecule has 120 valence electrons. The van der Waals surface area contributed by atoms with Gasteiger partial charge in [0.15, 0.2) is 0 Å². The number of nitrogens with zero attached hydrogens (tertiary/aromatic N) is 1. The third-order valence-electron chi connectivity index (χ3n) is 3.34. The van der Waals surface area contributed by atoms with Crippen molar-refractivity contribution in [3.63, 3.8) is 0 Å². The highest BCUT2D eigenvalue weighted by Crippen LogP contribution is 2.24. The normalized spacial score (nSPS) is 12.4. The van der Waals surface area contributed by atoms with Crippen LogP contribution in [0.25, 0.3) is 0 Å². The second kappa shape index (κ2) is 7.29. The van der Waals surface area contributed by atoms with Crippen molar-refractivity contribution < 1.29 is 17.2 Å². The molecule has 0 radical (unpaired) electrons. The molecule has 0 unspecified atom stereocenters. The number of aryl methyl sites for hydroxylation is 1. The molecule has 4 nitrogen and oxygen atoms in total. The van der Waals surface area contributed by atoms with Crippen LogP contribution in [0.4, 0.5) is 8.78 Å². The Kier molecular flexibility index (Phi) is 6.24. The van der Waals surface area contributed by atoms with Gasteiger partial charge in [0.1, 0.15) is 0 Å². The molecule has 0 saturated heterocycles. The van der Waals surface area contributed by atoms with Crippen LogP contribution in [0, 0.1) is 13.8 Å². The lowest BCUT2D eigenvalue weighted by molar-refractivity contribution is 0.126. The zero-order valence-electron chi connectivity index (χ0n) is 12.8. The molecule has 1 rings (SSSR count). The number of benzene rings is 1. The minimum absolute atomic E-state index is 0.0959. The molecule has 0 aliphatic carbocycles. The van der Waals surface area contributed by atoms with E-state index in [4.69, 9.17) is 0 Å². The Hall–Kier alpha value is -1.05. The van der Waals surface area contributed by atoms with Crippen molar-refractivity contribution in [3.8, 4) is 0 Å². The monoisotopic (exact) mass is 320 g/mol. The van der Waals surface area contributed by atoms with Crippen LogP contribution in [-0.2, 0) is 16.6 Å². The fourth-order valence-corrected chi connectivity index (χ4v) is 3.49. The minimum Gasteiger partial charge on any atom is -0.313 e. The number of hydrogen-bond donors (Lipinski definition) is 1. The first-order valence-corrected chi connectivity index (χ1v) is 8.19. The van der Waals surface area contributed by atoms with Crippen molar-refractivity contribution in [2.24, 2.45) is 0 Å². The summed E-state index contributed by atoms with van der Waals surface area (Å²) in [4.78, 5) is 0.0959. The maximum Gasteiger partial charge on any atom is 0.252 e. The Morgan fingerprint density at radius 2 is 1.90 bits per heavy atom. The lowest BCUT2D eigenvalue weighted by Crippen LogP contribution is -2.32. The first-order chi connectivity index (χ1) is 9.70. The first-order valence-electron chi connectivity index (χ1n) is 6.75. The SMILES string of the molecule is CCNCc1cc(C)c(C)c(S(=O)(=O)N(C)CC(F)F)c1. The van der Waals surface area contributed by atoms with Gasteiger partial charge < -0.3 is 5.32 Å². The molecule has 0 saturated carbocycles. The summed E-state index contributed by atoms with van der Waals surface area (Å²) in [5, 5.41) is 3.12. The number of hydrogen-bond acceptors (Lipinski definition) is 3. The van der Waals surface area contributed by atoms with E-state index >= 15 is 0 Å². The van der Waals surface area contributed by atoms with Crippen LogP contribution in [0.5, 0.6) is 0 Å². The van der Waals surface area contributed by atoms with Crippen molar-refractivity contribution >= 4 is 10.0 Å². The van der Waals surface area contributed by atoms with Gasteiger partial charge in [0.25, 0.3) is 6.43 Å². The van der Waals surface area contributed by atoms with E-state index in [1.807, 2.05) is 19.9 Å². The number of alkyl halides is 2. The van der Waals surface area contributed by atoms with E-state index in [0.717, 1.165) is 17.7 Å². The molecule has 1 N–H and O–H groups in total. The third-order valence-corrected chi connectivity index (χ3v) is 5.29. The summed E-state index contributed by atoms with van der Waals surface area (Å²) in [6, 6.07) is 3.46. The van der Waals surface area contributed by atoms with Crippen LogP contribution in [0.1, 0.15) is 23.6 Å². The molecule has 1 aromatic carbocycles. The van der Waals surface area contributed by atoms with Crippen LogP contribution < -0.4 is 5.32 Å². The Morgan fingerprint density at radius 1 is 1.29 bits per heavy atom. The lowest BCUT2D eigenvalue weighted by Gasteiger charge is -2.20. The maximum atomic E-state index is 12.4. The lowest BCUT2D eigenvalue weighted by atomic mass is 10.1. The van der Waals surface area contributed by atoms with Crippen LogP contribution >= 0.6 is 0 Å². The summed E-state index contributed by atoms with van der Waals surface area (Å²) in [6.07, 6.45) is -2.70. The smallest absolute Gasteiger partial charge is 0.252 e. The molecule has 0 bridgehead atoms. The fraction of sp³-hybridized carbons (Fsp3) is 0.571. The highest BCUT2D eigenvalue weighted by molar-refractivity contribution is 7.89. The highest BCUT2D eigenvalue weighted by atomic mass is 32.2. The molecule has 7 heteroatoms. The minimum atomic E-state index is -3.91. The van der Waals surface area contributed by atoms with Crippen LogP contribution in [0.15, 0.2) is 17.0 Å². The zero-order valence-corrected chi connectivity index (χ0v) is 13.6. The molecular weight excluding hydrogens is 298 g/mol. The molecular formula is C14H22F2N2O2S. The van der Waals surface area contributed by atoms with Gasteiger partial charge in [-0.05, 0) is 43.1 Å². The van der Waals surface area contributed by atoms with Crippen molar-refractivity contribution in [2.75, 3.05) is 20.1 Å². The van der Waals surface area contributed by atoms with E-state index in [1.165, 1.54) is 7.05 Å². The standard InChI is InChI=1S/C14H22F2N2O2S/c1-5-17-8-12-6-10(2)11(3)13(7-12)21(19,20)18(4)9-14(15)16/h6-7,14,17H,5,8-9H2,1-4H3. The van der Waals surface area contributed by atoms with Crippen molar-refractivity contribution in [1.29, 1.82) is 0 Å². The van der Waals surface area contributed by atoms with E-state index in [2.05, 4.69) is 5.32 Å². The van der Waals surface area contributed by atoms with Gasteiger partial charge in [-0.2, -0.15) is 4.31 Å². The molecule has 0 atom stereocenters. The van der Waals surface area contributed by atoms with Crippen molar-refractivity contribution in [2.45, 2.75) is 38.6 Å². The number of rotatable bonds is 7. The van der Waals surface area contributed by atoms with Gasteiger partial charge in [-0.25, -0.2) is 17.2 Å². The highest BCUT2D eigenvalue weighted by Gasteiger charge is 2.26. The summed E-state index contributed by atoms with van der Waals surface area (Å²) in [5.41, 5.74) is 2.25.